The zero-order valence-electron chi connectivity index (χ0n) is 10.1. The second-order valence-corrected chi connectivity index (χ2v) is 4.58. The third-order valence-electron chi connectivity index (χ3n) is 3.65. The van der Waals surface area contributed by atoms with E-state index in [4.69, 9.17) is 4.74 Å². The highest BCUT2D eigenvalue weighted by molar-refractivity contribution is 5.82. The van der Waals surface area contributed by atoms with Gasteiger partial charge in [0.1, 0.15) is 0 Å². The van der Waals surface area contributed by atoms with Crippen LogP contribution >= 0.6 is 0 Å². The van der Waals surface area contributed by atoms with Gasteiger partial charge in [-0.3, -0.25) is 4.79 Å². The van der Waals surface area contributed by atoms with Gasteiger partial charge < -0.3 is 4.74 Å². The van der Waals surface area contributed by atoms with Crippen LogP contribution in [0.3, 0.4) is 0 Å². The lowest BCUT2D eigenvalue weighted by atomic mass is 9.63. The van der Waals surface area contributed by atoms with Crippen LogP contribution in [0.15, 0.2) is 23.8 Å². The van der Waals surface area contributed by atoms with Gasteiger partial charge in [0.05, 0.1) is 12.7 Å². The molecule has 1 saturated carbocycles. The first kappa shape index (κ1) is 11.9. The molecule has 0 saturated heterocycles. The van der Waals surface area contributed by atoms with Crippen LogP contribution in [0.4, 0.5) is 0 Å². The van der Waals surface area contributed by atoms with E-state index in [9.17, 15) is 10.1 Å². The van der Waals surface area contributed by atoms with Crippen LogP contribution in [0.25, 0.3) is 0 Å². The van der Waals surface area contributed by atoms with E-state index < -0.39 is 5.41 Å². The summed E-state index contributed by atoms with van der Waals surface area (Å²) in [5, 5.41) is 9.47. The number of hydrogen-bond donors (Lipinski definition) is 0. The van der Waals surface area contributed by atoms with E-state index in [-0.39, 0.29) is 11.9 Å². The largest absolute Gasteiger partial charge is 0.465 e. The molecule has 0 N–H and O–H groups in total. The monoisotopic (exact) mass is 231 g/mol. The third kappa shape index (κ3) is 1.88. The van der Waals surface area contributed by atoms with Gasteiger partial charge in [0, 0.05) is 5.92 Å². The quantitative estimate of drug-likeness (QED) is 0.542. The van der Waals surface area contributed by atoms with E-state index in [0.717, 1.165) is 19.3 Å². The molecule has 0 aromatic carbocycles. The predicted molar refractivity (Wildman–Crippen MR) is 63.9 cm³/mol. The normalized spacial score (nSPS) is 31.1. The highest BCUT2D eigenvalue weighted by Crippen LogP contribution is 2.47. The second kappa shape index (κ2) is 4.75. The third-order valence-corrected chi connectivity index (χ3v) is 3.65. The molecule has 0 heterocycles. The van der Waals surface area contributed by atoms with Crippen molar-refractivity contribution in [3.05, 3.63) is 23.8 Å². The van der Waals surface area contributed by atoms with Crippen molar-refractivity contribution in [1.82, 2.24) is 0 Å². The molecule has 0 aromatic rings. The van der Waals surface area contributed by atoms with Crippen LogP contribution in [0.5, 0.6) is 0 Å². The Morgan fingerprint density at radius 1 is 1.71 bits per heavy atom. The Balaban J connectivity index is 2.35. The average Bonchev–Trinajstić information content (AvgIpc) is 2.38. The fraction of sp³-hybridized carbons (Fsp3) is 0.571. The fourth-order valence-electron chi connectivity index (χ4n) is 2.81. The number of fused-ring (bicyclic) bond motifs is 1. The van der Waals surface area contributed by atoms with Gasteiger partial charge in [-0.1, -0.05) is 23.8 Å². The number of esters is 1. The van der Waals surface area contributed by atoms with Gasteiger partial charge in [-0.05, 0) is 32.6 Å². The zero-order valence-corrected chi connectivity index (χ0v) is 10.1. The van der Waals surface area contributed by atoms with E-state index in [1.807, 2.05) is 12.2 Å². The molecule has 3 nitrogen and oxygen atoms in total. The Labute approximate surface area is 102 Å². The summed E-state index contributed by atoms with van der Waals surface area (Å²) in [6.07, 6.45) is 9.60. The molecule has 17 heavy (non-hydrogen) atoms. The molecule has 0 spiro atoms. The topological polar surface area (TPSA) is 50.1 Å². The molecule has 0 unspecified atom stereocenters. The minimum absolute atomic E-state index is 0.0750. The van der Waals surface area contributed by atoms with Crippen LogP contribution in [0, 0.1) is 22.7 Å². The Morgan fingerprint density at radius 3 is 3.24 bits per heavy atom. The van der Waals surface area contributed by atoms with Gasteiger partial charge in [0.2, 0.25) is 0 Å². The van der Waals surface area contributed by atoms with Crippen molar-refractivity contribution in [2.24, 2.45) is 11.3 Å². The van der Waals surface area contributed by atoms with Crippen molar-refractivity contribution in [3.63, 3.8) is 0 Å². The van der Waals surface area contributed by atoms with E-state index >= 15 is 0 Å². The SMILES string of the molecule is CCOC(=O)[C@@]1(C#N)CCCC2=CCC=C[C@@H]21. The van der Waals surface area contributed by atoms with Crippen LogP contribution in [0.1, 0.15) is 32.6 Å². The molecule has 0 bridgehead atoms. The Hall–Kier alpha value is -1.56. The number of ether oxygens (including phenoxy) is 1. The van der Waals surface area contributed by atoms with Gasteiger partial charge in [0.15, 0.2) is 5.41 Å². The van der Waals surface area contributed by atoms with Crippen LogP contribution in [-0.4, -0.2) is 12.6 Å². The number of rotatable bonds is 2. The minimum Gasteiger partial charge on any atom is -0.465 e. The van der Waals surface area contributed by atoms with Gasteiger partial charge in [-0.15, -0.1) is 0 Å². The maximum Gasteiger partial charge on any atom is 0.327 e. The van der Waals surface area contributed by atoms with Gasteiger partial charge in [0.25, 0.3) is 0 Å². The van der Waals surface area contributed by atoms with Gasteiger partial charge >= 0.3 is 5.97 Å². The van der Waals surface area contributed by atoms with E-state index in [0.29, 0.717) is 13.0 Å². The zero-order chi connectivity index (χ0) is 12.3. The smallest absolute Gasteiger partial charge is 0.327 e. The number of hydrogen-bond acceptors (Lipinski definition) is 3. The number of nitrogens with zero attached hydrogens (tertiary/aromatic N) is 1. The van der Waals surface area contributed by atoms with Crippen molar-refractivity contribution in [3.8, 4) is 6.07 Å². The molecule has 1 fully saturated rings. The Kier molecular flexibility index (Phi) is 3.33. The number of allylic oxidation sites excluding steroid dienone is 4. The molecule has 2 aliphatic rings. The maximum absolute atomic E-state index is 12.1. The molecule has 2 atom stereocenters. The molecular weight excluding hydrogens is 214 g/mol. The molecule has 0 aliphatic heterocycles. The predicted octanol–water partition coefficient (Wildman–Crippen LogP) is 2.75. The lowest BCUT2D eigenvalue weighted by molar-refractivity contribution is -0.154. The molecular formula is C14H17NO2. The summed E-state index contributed by atoms with van der Waals surface area (Å²) < 4.78 is 5.10. The molecule has 0 amide bonds. The van der Waals surface area contributed by atoms with Gasteiger partial charge in [-0.25, -0.2) is 0 Å². The first-order valence-corrected chi connectivity index (χ1v) is 6.18. The molecule has 2 aliphatic carbocycles. The van der Waals surface area contributed by atoms with Crippen LogP contribution in [0.2, 0.25) is 0 Å². The standard InChI is InChI=1S/C14H17NO2/c1-2-17-13(16)14(10-15)9-5-7-11-6-3-4-8-12(11)14/h4,6,8,12H,2-3,5,7,9H2,1H3/t12-,14+/m0/s1. The summed E-state index contributed by atoms with van der Waals surface area (Å²) in [7, 11) is 0. The molecule has 2 rings (SSSR count). The minimum atomic E-state index is -0.989. The van der Waals surface area contributed by atoms with Crippen LogP contribution in [-0.2, 0) is 9.53 Å². The van der Waals surface area contributed by atoms with Crippen molar-refractivity contribution >= 4 is 5.97 Å². The summed E-state index contributed by atoms with van der Waals surface area (Å²) in [5.41, 5.74) is 0.241. The number of carbonyl (C=O) groups is 1. The molecule has 0 radical (unpaired) electrons. The summed E-state index contributed by atoms with van der Waals surface area (Å²) in [5.74, 6) is -0.432. The first-order chi connectivity index (χ1) is 8.24. The Morgan fingerprint density at radius 2 is 2.53 bits per heavy atom. The fourth-order valence-corrected chi connectivity index (χ4v) is 2.81. The lowest BCUT2D eigenvalue weighted by Crippen LogP contribution is -2.42. The summed E-state index contributed by atoms with van der Waals surface area (Å²) in [6.45, 7) is 2.11. The van der Waals surface area contributed by atoms with Crippen molar-refractivity contribution in [2.45, 2.75) is 32.6 Å². The first-order valence-electron chi connectivity index (χ1n) is 6.18. The molecule has 3 heteroatoms. The second-order valence-electron chi connectivity index (χ2n) is 4.58. The average molecular weight is 231 g/mol. The molecule has 0 aromatic heterocycles. The van der Waals surface area contributed by atoms with E-state index in [1.54, 1.807) is 6.92 Å². The Bertz CT molecular complexity index is 416. The van der Waals surface area contributed by atoms with Crippen LogP contribution < -0.4 is 0 Å². The summed E-state index contributed by atoms with van der Waals surface area (Å²) in [6, 6.07) is 2.23. The van der Waals surface area contributed by atoms with Crippen molar-refractivity contribution < 1.29 is 9.53 Å². The van der Waals surface area contributed by atoms with Gasteiger partial charge in [-0.2, -0.15) is 5.26 Å². The summed E-state index contributed by atoms with van der Waals surface area (Å²) >= 11 is 0. The highest BCUT2D eigenvalue weighted by Gasteiger charge is 2.50. The van der Waals surface area contributed by atoms with E-state index in [2.05, 4.69) is 12.1 Å². The number of carbonyl (C=O) groups excluding carboxylic acids is 1. The maximum atomic E-state index is 12.1. The lowest BCUT2D eigenvalue weighted by Gasteiger charge is -2.38. The van der Waals surface area contributed by atoms with Crippen molar-refractivity contribution in [2.75, 3.05) is 6.61 Å². The highest BCUT2D eigenvalue weighted by atomic mass is 16.5. The molecule has 90 valence electrons. The summed E-state index contributed by atoms with van der Waals surface area (Å²) in [4.78, 5) is 12.1. The number of nitriles is 1. The van der Waals surface area contributed by atoms with Crippen molar-refractivity contribution in [1.29, 1.82) is 5.26 Å². The van der Waals surface area contributed by atoms with E-state index in [1.165, 1.54) is 5.57 Å².